The Morgan fingerprint density at radius 2 is 1.76 bits per heavy atom. The molecule has 1 fully saturated rings. The van der Waals surface area contributed by atoms with E-state index in [-0.39, 0.29) is 12.1 Å². The van der Waals surface area contributed by atoms with Crippen molar-refractivity contribution in [1.82, 2.24) is 4.90 Å². The molecule has 1 amide bonds. The summed E-state index contributed by atoms with van der Waals surface area (Å²) in [6.45, 7) is 9.76. The first-order valence-corrected chi connectivity index (χ1v) is 7.47. The molecule has 0 spiro atoms. The van der Waals surface area contributed by atoms with Gasteiger partial charge in [-0.25, -0.2) is 4.79 Å². The van der Waals surface area contributed by atoms with E-state index >= 15 is 0 Å². The van der Waals surface area contributed by atoms with Crippen molar-refractivity contribution >= 4 is 12.1 Å². The molecule has 0 unspecified atom stereocenters. The van der Waals surface area contributed by atoms with Gasteiger partial charge in [0.15, 0.2) is 0 Å². The molecule has 0 aliphatic carbocycles. The molecule has 0 N–H and O–H groups in total. The van der Waals surface area contributed by atoms with Crippen molar-refractivity contribution in [3.05, 3.63) is 0 Å². The highest BCUT2D eigenvalue weighted by Gasteiger charge is 2.26. The molecule has 6 nitrogen and oxygen atoms in total. The fourth-order valence-electron chi connectivity index (χ4n) is 2.10. The average molecular weight is 301 g/mol. The monoisotopic (exact) mass is 301 g/mol. The molecule has 1 rings (SSSR count). The van der Waals surface area contributed by atoms with Crippen LogP contribution in [0.1, 0.15) is 40.5 Å². The summed E-state index contributed by atoms with van der Waals surface area (Å²) in [6.07, 6.45) is 1.58. The Labute approximate surface area is 126 Å². The van der Waals surface area contributed by atoms with Crippen molar-refractivity contribution < 1.29 is 23.8 Å². The number of nitrogens with zero attached hydrogens (tertiary/aromatic N) is 1. The number of carbonyl (C=O) groups excluding carboxylic acids is 2. The van der Waals surface area contributed by atoms with E-state index in [1.807, 2.05) is 20.8 Å². The zero-order valence-corrected chi connectivity index (χ0v) is 13.5. The summed E-state index contributed by atoms with van der Waals surface area (Å²) in [7, 11) is 0. The van der Waals surface area contributed by atoms with Crippen molar-refractivity contribution in [3.63, 3.8) is 0 Å². The molecule has 0 bridgehead atoms. The van der Waals surface area contributed by atoms with Crippen LogP contribution in [0, 0.1) is 5.92 Å². The first-order chi connectivity index (χ1) is 9.78. The normalized spacial score (nSPS) is 16.7. The zero-order chi connectivity index (χ0) is 15.9. The largest absolute Gasteiger partial charge is 0.463 e. The third-order valence-electron chi connectivity index (χ3n) is 3.15. The molecule has 1 aliphatic rings. The Morgan fingerprint density at radius 3 is 2.29 bits per heavy atom. The minimum atomic E-state index is -0.451. The number of rotatable bonds is 5. The molecule has 0 atom stereocenters. The van der Waals surface area contributed by atoms with Gasteiger partial charge in [-0.05, 0) is 39.5 Å². The highest BCUT2D eigenvalue weighted by Crippen LogP contribution is 2.19. The van der Waals surface area contributed by atoms with Gasteiger partial charge >= 0.3 is 12.1 Å². The fraction of sp³-hybridized carbons (Fsp3) is 0.867. The van der Waals surface area contributed by atoms with Gasteiger partial charge in [0.25, 0.3) is 0 Å². The summed E-state index contributed by atoms with van der Waals surface area (Å²) in [5.74, 6) is 0.158. The second-order valence-electron chi connectivity index (χ2n) is 6.33. The van der Waals surface area contributed by atoms with Gasteiger partial charge in [-0.15, -0.1) is 0 Å². The Kier molecular flexibility index (Phi) is 6.95. The molecular weight excluding hydrogens is 274 g/mol. The van der Waals surface area contributed by atoms with E-state index in [2.05, 4.69) is 0 Å². The van der Waals surface area contributed by atoms with E-state index in [9.17, 15) is 9.59 Å². The molecule has 0 saturated carbocycles. The predicted molar refractivity (Wildman–Crippen MR) is 78.0 cm³/mol. The Bertz CT molecular complexity index is 342. The maximum atomic E-state index is 11.9. The lowest BCUT2D eigenvalue weighted by atomic mass is 9.98. The molecule has 0 aromatic carbocycles. The molecule has 6 heteroatoms. The molecular formula is C15H27NO5. The zero-order valence-electron chi connectivity index (χ0n) is 13.5. The SMILES string of the molecule is CC(=O)OCCOCC1CCN(C(=O)OC(C)(C)C)CC1. The third-order valence-corrected chi connectivity index (χ3v) is 3.15. The van der Waals surface area contributed by atoms with Gasteiger partial charge in [0, 0.05) is 26.6 Å². The molecule has 21 heavy (non-hydrogen) atoms. The predicted octanol–water partition coefficient (Wildman–Crippen LogP) is 2.21. The van der Waals surface area contributed by atoms with E-state index in [4.69, 9.17) is 14.2 Å². The van der Waals surface area contributed by atoms with E-state index < -0.39 is 5.60 Å². The molecule has 0 radical (unpaired) electrons. The van der Waals surface area contributed by atoms with Crippen LogP contribution < -0.4 is 0 Å². The van der Waals surface area contributed by atoms with Crippen molar-refractivity contribution in [2.75, 3.05) is 32.9 Å². The van der Waals surface area contributed by atoms with Crippen LogP contribution in [0.5, 0.6) is 0 Å². The number of likely N-dealkylation sites (tertiary alicyclic amines) is 1. The third kappa shape index (κ3) is 7.90. The van der Waals surface area contributed by atoms with Crippen LogP contribution in [0.4, 0.5) is 4.79 Å². The van der Waals surface area contributed by atoms with Gasteiger partial charge in [-0.2, -0.15) is 0 Å². The van der Waals surface area contributed by atoms with Gasteiger partial charge in [0.2, 0.25) is 0 Å². The van der Waals surface area contributed by atoms with Crippen molar-refractivity contribution in [2.45, 2.75) is 46.1 Å². The van der Waals surface area contributed by atoms with Crippen LogP contribution in [0.2, 0.25) is 0 Å². The van der Waals surface area contributed by atoms with Crippen LogP contribution in [-0.2, 0) is 19.0 Å². The van der Waals surface area contributed by atoms with Crippen molar-refractivity contribution in [1.29, 1.82) is 0 Å². The minimum Gasteiger partial charge on any atom is -0.463 e. The summed E-state index contributed by atoms with van der Waals surface area (Å²) >= 11 is 0. The van der Waals surface area contributed by atoms with E-state index in [0.717, 1.165) is 12.8 Å². The standard InChI is InChI=1S/C15H27NO5/c1-12(17)20-10-9-19-11-13-5-7-16(8-6-13)14(18)21-15(2,3)4/h13H,5-11H2,1-4H3. The quantitative estimate of drug-likeness (QED) is 0.575. The topological polar surface area (TPSA) is 65.1 Å². The molecule has 1 heterocycles. The highest BCUT2D eigenvalue weighted by molar-refractivity contribution is 5.68. The number of carbonyl (C=O) groups is 2. The summed E-state index contributed by atoms with van der Waals surface area (Å²) in [5.41, 5.74) is -0.451. The Hall–Kier alpha value is -1.30. The Balaban J connectivity index is 2.14. The number of piperidine rings is 1. The summed E-state index contributed by atoms with van der Waals surface area (Å²) < 4.78 is 15.6. The Morgan fingerprint density at radius 1 is 1.14 bits per heavy atom. The van der Waals surface area contributed by atoms with Gasteiger partial charge in [0.1, 0.15) is 12.2 Å². The summed E-state index contributed by atoms with van der Waals surface area (Å²) in [6, 6.07) is 0. The fourth-order valence-corrected chi connectivity index (χ4v) is 2.10. The van der Waals surface area contributed by atoms with E-state index in [1.165, 1.54) is 6.92 Å². The van der Waals surface area contributed by atoms with Crippen molar-refractivity contribution in [2.24, 2.45) is 5.92 Å². The van der Waals surface area contributed by atoms with E-state index in [1.54, 1.807) is 4.90 Å². The van der Waals surface area contributed by atoms with Crippen LogP contribution in [0.3, 0.4) is 0 Å². The number of esters is 1. The smallest absolute Gasteiger partial charge is 0.410 e. The maximum absolute atomic E-state index is 11.9. The van der Waals surface area contributed by atoms with Gasteiger partial charge in [-0.3, -0.25) is 4.79 Å². The summed E-state index contributed by atoms with van der Waals surface area (Å²) in [4.78, 5) is 24.2. The highest BCUT2D eigenvalue weighted by atomic mass is 16.6. The number of ether oxygens (including phenoxy) is 3. The lowest BCUT2D eigenvalue weighted by molar-refractivity contribution is -0.142. The van der Waals surface area contributed by atoms with Gasteiger partial charge in [0.05, 0.1) is 6.61 Å². The number of hydrogen-bond acceptors (Lipinski definition) is 5. The lowest BCUT2D eigenvalue weighted by Crippen LogP contribution is -2.42. The molecule has 122 valence electrons. The number of amides is 1. The van der Waals surface area contributed by atoms with Crippen LogP contribution in [-0.4, -0.2) is 55.5 Å². The molecule has 0 aromatic rings. The minimum absolute atomic E-state index is 0.239. The first kappa shape index (κ1) is 17.8. The van der Waals surface area contributed by atoms with Gasteiger partial charge < -0.3 is 19.1 Å². The van der Waals surface area contributed by atoms with Gasteiger partial charge in [-0.1, -0.05) is 0 Å². The molecule has 1 aliphatic heterocycles. The lowest BCUT2D eigenvalue weighted by Gasteiger charge is -2.33. The van der Waals surface area contributed by atoms with E-state index in [0.29, 0.717) is 38.8 Å². The van der Waals surface area contributed by atoms with Crippen LogP contribution in [0.15, 0.2) is 0 Å². The second-order valence-corrected chi connectivity index (χ2v) is 6.33. The number of hydrogen-bond donors (Lipinski definition) is 0. The van der Waals surface area contributed by atoms with Crippen molar-refractivity contribution in [3.8, 4) is 0 Å². The first-order valence-electron chi connectivity index (χ1n) is 7.47. The molecule has 0 aromatic heterocycles. The summed E-state index contributed by atoms with van der Waals surface area (Å²) in [5, 5.41) is 0. The maximum Gasteiger partial charge on any atom is 0.410 e. The average Bonchev–Trinajstić information content (AvgIpc) is 2.36. The second kappa shape index (κ2) is 8.22. The van der Waals surface area contributed by atoms with Crippen LogP contribution >= 0.6 is 0 Å². The molecule has 1 saturated heterocycles. The van der Waals surface area contributed by atoms with Crippen LogP contribution in [0.25, 0.3) is 0 Å².